The Morgan fingerprint density at radius 3 is 2.46 bits per heavy atom. The third kappa shape index (κ3) is 7.21. The van der Waals surface area contributed by atoms with E-state index in [1.165, 1.54) is 45.3 Å². The van der Waals surface area contributed by atoms with Crippen molar-refractivity contribution in [3.05, 3.63) is 29.8 Å². The fourth-order valence-corrected chi connectivity index (χ4v) is 2.98. The first-order chi connectivity index (χ1) is 11.8. The second-order valence-corrected chi connectivity index (χ2v) is 6.40. The molecular formula is C19H32N4O. The molecule has 0 atom stereocenters. The second-order valence-electron chi connectivity index (χ2n) is 6.40. The molecule has 3 N–H and O–H groups in total. The van der Waals surface area contributed by atoms with E-state index in [1.54, 1.807) is 12.1 Å². The Hall–Kier alpha value is -1.75. The van der Waals surface area contributed by atoms with Crippen LogP contribution in [0.4, 0.5) is 0 Å². The van der Waals surface area contributed by atoms with Crippen LogP contribution in [-0.2, 0) is 6.54 Å². The number of guanidine groups is 1. The first-order valence-electron chi connectivity index (χ1n) is 9.30. The molecular weight excluding hydrogens is 300 g/mol. The Morgan fingerprint density at radius 2 is 1.79 bits per heavy atom. The number of aliphatic imine (C=N–C) groups is 1. The molecule has 5 nitrogen and oxygen atoms in total. The van der Waals surface area contributed by atoms with E-state index in [0.717, 1.165) is 31.0 Å². The number of rotatable bonds is 7. The monoisotopic (exact) mass is 332 g/mol. The lowest BCUT2D eigenvalue weighted by Crippen LogP contribution is -2.39. The van der Waals surface area contributed by atoms with Crippen molar-refractivity contribution < 1.29 is 5.11 Å². The molecule has 0 bridgehead atoms. The number of aromatic hydroxyl groups is 1. The highest BCUT2D eigenvalue weighted by Crippen LogP contribution is 2.10. The summed E-state index contributed by atoms with van der Waals surface area (Å²) in [5, 5.41) is 16.0. The van der Waals surface area contributed by atoms with E-state index >= 15 is 0 Å². The van der Waals surface area contributed by atoms with Crippen molar-refractivity contribution in [3.63, 3.8) is 0 Å². The van der Waals surface area contributed by atoms with Gasteiger partial charge in [-0.3, -0.25) is 0 Å². The number of hydrogen-bond acceptors (Lipinski definition) is 3. The summed E-state index contributed by atoms with van der Waals surface area (Å²) in [5.41, 5.74) is 1.09. The van der Waals surface area contributed by atoms with Gasteiger partial charge < -0.3 is 20.6 Å². The van der Waals surface area contributed by atoms with Crippen LogP contribution in [0.5, 0.6) is 5.75 Å². The summed E-state index contributed by atoms with van der Waals surface area (Å²) in [6.45, 7) is 8.18. The molecule has 24 heavy (non-hydrogen) atoms. The van der Waals surface area contributed by atoms with Crippen molar-refractivity contribution in [2.75, 3.05) is 32.7 Å². The average Bonchev–Trinajstić information content (AvgIpc) is 2.86. The Kier molecular flexibility index (Phi) is 8.46. The van der Waals surface area contributed by atoms with Gasteiger partial charge in [0.05, 0.1) is 6.54 Å². The largest absolute Gasteiger partial charge is 0.508 e. The predicted octanol–water partition coefficient (Wildman–Crippen LogP) is 2.71. The van der Waals surface area contributed by atoms with Crippen molar-refractivity contribution in [3.8, 4) is 5.75 Å². The van der Waals surface area contributed by atoms with Crippen molar-refractivity contribution in [2.24, 2.45) is 4.99 Å². The zero-order valence-corrected chi connectivity index (χ0v) is 14.9. The molecule has 0 saturated carbocycles. The molecule has 5 heteroatoms. The van der Waals surface area contributed by atoms with Crippen LogP contribution in [0, 0.1) is 0 Å². The maximum atomic E-state index is 9.32. The average molecular weight is 332 g/mol. The van der Waals surface area contributed by atoms with Gasteiger partial charge in [0.25, 0.3) is 0 Å². The molecule has 0 aromatic heterocycles. The Morgan fingerprint density at radius 1 is 1.08 bits per heavy atom. The van der Waals surface area contributed by atoms with E-state index in [4.69, 9.17) is 0 Å². The maximum absolute atomic E-state index is 9.32. The first-order valence-corrected chi connectivity index (χ1v) is 9.30. The second kappa shape index (κ2) is 10.9. The van der Waals surface area contributed by atoms with Gasteiger partial charge >= 0.3 is 0 Å². The van der Waals surface area contributed by atoms with Crippen LogP contribution in [0.25, 0.3) is 0 Å². The molecule has 1 aliphatic rings. The minimum atomic E-state index is 0.293. The Balaban J connectivity index is 1.71. The molecule has 134 valence electrons. The summed E-state index contributed by atoms with van der Waals surface area (Å²) >= 11 is 0. The highest BCUT2D eigenvalue weighted by Gasteiger charge is 2.08. The van der Waals surface area contributed by atoms with E-state index < -0.39 is 0 Å². The molecule has 1 aromatic carbocycles. The molecule has 1 heterocycles. The smallest absolute Gasteiger partial charge is 0.191 e. The van der Waals surface area contributed by atoms with E-state index in [9.17, 15) is 5.11 Å². The van der Waals surface area contributed by atoms with E-state index in [0.29, 0.717) is 12.3 Å². The minimum Gasteiger partial charge on any atom is -0.508 e. The first kappa shape index (κ1) is 18.6. The highest BCUT2D eigenvalue weighted by atomic mass is 16.3. The van der Waals surface area contributed by atoms with E-state index in [1.807, 2.05) is 12.1 Å². The van der Waals surface area contributed by atoms with Crippen LogP contribution in [0.15, 0.2) is 29.3 Å². The van der Waals surface area contributed by atoms with Crippen molar-refractivity contribution in [1.82, 2.24) is 15.5 Å². The zero-order valence-electron chi connectivity index (χ0n) is 14.9. The highest BCUT2D eigenvalue weighted by molar-refractivity contribution is 5.79. The topological polar surface area (TPSA) is 59.9 Å². The van der Waals surface area contributed by atoms with E-state index in [-0.39, 0.29) is 0 Å². The third-order valence-corrected chi connectivity index (χ3v) is 4.34. The van der Waals surface area contributed by atoms with Gasteiger partial charge in [0.15, 0.2) is 5.96 Å². The minimum absolute atomic E-state index is 0.293. The molecule has 1 aromatic rings. The van der Waals surface area contributed by atoms with Gasteiger partial charge in [-0.05, 0) is 63.5 Å². The molecule has 1 aliphatic heterocycles. The van der Waals surface area contributed by atoms with Crippen molar-refractivity contribution >= 4 is 5.96 Å². The number of phenols is 1. The van der Waals surface area contributed by atoms with Crippen molar-refractivity contribution in [2.45, 2.75) is 45.6 Å². The molecule has 0 radical (unpaired) electrons. The number of nitrogens with zero attached hydrogens (tertiary/aromatic N) is 2. The standard InChI is InChI=1S/C19H32N4O/c1-2-20-19(22-16-17-8-10-18(24)11-9-17)21-12-7-15-23-13-5-3-4-6-14-23/h8-11,24H,2-7,12-16H2,1H3,(H2,20,21,22). The number of phenolic OH excluding ortho intramolecular Hbond substituents is 1. The third-order valence-electron chi connectivity index (χ3n) is 4.34. The van der Waals surface area contributed by atoms with Crippen LogP contribution in [0.3, 0.4) is 0 Å². The van der Waals surface area contributed by atoms with Crippen molar-refractivity contribution in [1.29, 1.82) is 0 Å². The molecule has 0 spiro atoms. The molecule has 0 unspecified atom stereocenters. The molecule has 1 saturated heterocycles. The fourth-order valence-electron chi connectivity index (χ4n) is 2.98. The summed E-state index contributed by atoms with van der Waals surface area (Å²) in [5.74, 6) is 1.16. The predicted molar refractivity (Wildman–Crippen MR) is 100 cm³/mol. The van der Waals surface area contributed by atoms with Crippen LogP contribution in [0.1, 0.15) is 44.6 Å². The molecule has 0 aliphatic carbocycles. The van der Waals surface area contributed by atoms with Gasteiger partial charge in [0.2, 0.25) is 0 Å². The number of likely N-dealkylation sites (tertiary alicyclic amines) is 1. The zero-order chi connectivity index (χ0) is 17.0. The fraction of sp³-hybridized carbons (Fsp3) is 0.632. The molecule has 2 rings (SSSR count). The SMILES string of the molecule is CCNC(=NCc1ccc(O)cc1)NCCCN1CCCCCC1. The lowest BCUT2D eigenvalue weighted by Gasteiger charge is -2.20. The summed E-state index contributed by atoms with van der Waals surface area (Å²) < 4.78 is 0. The van der Waals surface area contributed by atoms with Crippen LogP contribution in [0.2, 0.25) is 0 Å². The lowest BCUT2D eigenvalue weighted by molar-refractivity contribution is 0.282. The summed E-state index contributed by atoms with van der Waals surface area (Å²) in [6, 6.07) is 7.21. The van der Waals surface area contributed by atoms with Gasteiger partial charge in [-0.25, -0.2) is 4.99 Å². The van der Waals surface area contributed by atoms with Gasteiger partial charge in [-0.2, -0.15) is 0 Å². The normalized spacial score (nSPS) is 16.6. The van der Waals surface area contributed by atoms with Crippen LogP contribution < -0.4 is 10.6 Å². The van der Waals surface area contributed by atoms with Crippen LogP contribution in [-0.4, -0.2) is 48.7 Å². The Labute approximate surface area is 146 Å². The molecule has 1 fully saturated rings. The number of benzene rings is 1. The van der Waals surface area contributed by atoms with Gasteiger partial charge in [-0.1, -0.05) is 25.0 Å². The summed E-state index contributed by atoms with van der Waals surface area (Å²) in [7, 11) is 0. The van der Waals surface area contributed by atoms with E-state index in [2.05, 4.69) is 27.4 Å². The number of nitrogens with one attached hydrogen (secondary N) is 2. The maximum Gasteiger partial charge on any atom is 0.191 e. The van der Waals surface area contributed by atoms with Gasteiger partial charge in [-0.15, -0.1) is 0 Å². The van der Waals surface area contributed by atoms with Gasteiger partial charge in [0, 0.05) is 13.1 Å². The summed E-state index contributed by atoms with van der Waals surface area (Å²) in [4.78, 5) is 7.20. The molecule has 0 amide bonds. The quantitative estimate of drug-likeness (QED) is 0.408. The van der Waals surface area contributed by atoms with Gasteiger partial charge in [0.1, 0.15) is 5.75 Å². The van der Waals surface area contributed by atoms with Crippen LogP contribution >= 0.6 is 0 Å². The number of hydrogen-bond donors (Lipinski definition) is 3. The lowest BCUT2D eigenvalue weighted by atomic mass is 10.2. The Bertz CT molecular complexity index is 479. The summed E-state index contributed by atoms with van der Waals surface area (Å²) in [6.07, 6.45) is 6.63.